The van der Waals surface area contributed by atoms with E-state index in [1.165, 1.54) is 0 Å². The second kappa shape index (κ2) is 9.35. The van der Waals surface area contributed by atoms with Gasteiger partial charge in [-0.1, -0.05) is 44.2 Å². The van der Waals surface area contributed by atoms with E-state index < -0.39 is 15.6 Å². The van der Waals surface area contributed by atoms with Crippen molar-refractivity contribution in [2.45, 2.75) is 44.1 Å². The lowest BCUT2D eigenvalue weighted by Crippen LogP contribution is -2.41. The van der Waals surface area contributed by atoms with Crippen molar-refractivity contribution in [3.63, 3.8) is 0 Å². The Morgan fingerprint density at radius 1 is 1.07 bits per heavy atom. The highest BCUT2D eigenvalue weighted by Crippen LogP contribution is 2.29. The van der Waals surface area contributed by atoms with Gasteiger partial charge in [0.2, 0.25) is 10.0 Å². The zero-order valence-electron chi connectivity index (χ0n) is 16.5. The molecule has 0 aliphatic heterocycles. The Morgan fingerprint density at radius 2 is 1.78 bits per heavy atom. The maximum Gasteiger partial charge on any atom is 0.240 e. The molecule has 0 heterocycles. The average molecular weight is 392 g/mol. The summed E-state index contributed by atoms with van der Waals surface area (Å²) in [6.07, 6.45) is 1.54. The molecule has 0 saturated carbocycles. The molecule has 0 spiro atoms. The molecule has 2 aromatic rings. The molecule has 2 rings (SSSR count). The first kappa shape index (κ1) is 21.4. The van der Waals surface area contributed by atoms with Crippen LogP contribution >= 0.6 is 0 Å². The Morgan fingerprint density at radius 3 is 2.33 bits per heavy atom. The molecule has 6 heteroatoms. The van der Waals surface area contributed by atoms with Crippen molar-refractivity contribution in [3.05, 3.63) is 59.7 Å². The summed E-state index contributed by atoms with van der Waals surface area (Å²) >= 11 is 0. The predicted molar refractivity (Wildman–Crippen MR) is 108 cm³/mol. The SMILES string of the molecule is CCCOc1ccc(S(=O)(=O)NCC(CC)(OC)c2ccccc2)cc1C. The summed E-state index contributed by atoms with van der Waals surface area (Å²) in [4.78, 5) is 0.220. The molecule has 0 aromatic heterocycles. The molecular weight excluding hydrogens is 362 g/mol. The van der Waals surface area contributed by atoms with Crippen molar-refractivity contribution in [2.24, 2.45) is 0 Å². The molecule has 0 aliphatic rings. The molecule has 0 aliphatic carbocycles. The number of hydrogen-bond donors (Lipinski definition) is 1. The van der Waals surface area contributed by atoms with E-state index in [0.29, 0.717) is 18.8 Å². The third kappa shape index (κ3) is 5.09. The first-order chi connectivity index (χ1) is 12.9. The molecular formula is C21H29NO4S. The van der Waals surface area contributed by atoms with Crippen molar-refractivity contribution in [1.82, 2.24) is 4.72 Å². The molecule has 1 atom stereocenters. The van der Waals surface area contributed by atoms with Crippen molar-refractivity contribution in [3.8, 4) is 5.75 Å². The molecule has 0 saturated heterocycles. The van der Waals surface area contributed by atoms with E-state index in [1.54, 1.807) is 25.3 Å². The molecule has 1 unspecified atom stereocenters. The van der Waals surface area contributed by atoms with Crippen LogP contribution in [0, 0.1) is 6.92 Å². The predicted octanol–water partition coefficient (Wildman–Crippen LogP) is 4.01. The van der Waals surface area contributed by atoms with Crippen LogP contribution in [0.25, 0.3) is 0 Å². The maximum atomic E-state index is 12.8. The molecule has 0 bridgehead atoms. The van der Waals surface area contributed by atoms with E-state index >= 15 is 0 Å². The molecule has 1 N–H and O–H groups in total. The van der Waals surface area contributed by atoms with Crippen LogP contribution in [0.15, 0.2) is 53.4 Å². The quantitative estimate of drug-likeness (QED) is 0.664. The highest BCUT2D eigenvalue weighted by molar-refractivity contribution is 7.89. The summed E-state index contributed by atoms with van der Waals surface area (Å²) in [7, 11) is -2.06. The van der Waals surface area contributed by atoms with Crippen molar-refractivity contribution in [2.75, 3.05) is 20.3 Å². The van der Waals surface area contributed by atoms with E-state index in [-0.39, 0.29) is 11.4 Å². The molecule has 0 radical (unpaired) electrons. The van der Waals surface area contributed by atoms with Crippen LogP contribution in [-0.4, -0.2) is 28.7 Å². The monoisotopic (exact) mass is 391 g/mol. The van der Waals surface area contributed by atoms with Gasteiger partial charge in [-0.3, -0.25) is 0 Å². The van der Waals surface area contributed by atoms with Gasteiger partial charge in [-0.2, -0.15) is 0 Å². The van der Waals surface area contributed by atoms with Crippen molar-refractivity contribution < 1.29 is 17.9 Å². The lowest BCUT2D eigenvalue weighted by atomic mass is 9.91. The topological polar surface area (TPSA) is 64.6 Å². The van der Waals surface area contributed by atoms with Crippen LogP contribution in [0.1, 0.15) is 37.8 Å². The standard InChI is InChI=1S/C21H29NO4S/c1-5-14-26-20-13-12-19(15-17(20)3)27(23,24)22-16-21(6-2,25-4)18-10-8-7-9-11-18/h7-13,15,22H,5-6,14,16H2,1-4H3. The van der Waals surface area contributed by atoms with Crippen molar-refractivity contribution in [1.29, 1.82) is 0 Å². The van der Waals surface area contributed by atoms with Gasteiger partial charge in [-0.05, 0) is 49.1 Å². The van der Waals surface area contributed by atoms with Gasteiger partial charge in [0.25, 0.3) is 0 Å². The van der Waals surface area contributed by atoms with Gasteiger partial charge < -0.3 is 9.47 Å². The third-order valence-electron chi connectivity index (χ3n) is 4.73. The molecule has 0 amide bonds. The van der Waals surface area contributed by atoms with E-state index in [1.807, 2.05) is 51.1 Å². The Labute approximate surface area is 162 Å². The summed E-state index contributed by atoms with van der Waals surface area (Å²) in [5.74, 6) is 0.708. The highest BCUT2D eigenvalue weighted by atomic mass is 32.2. The normalized spacial score (nSPS) is 13.9. The van der Waals surface area contributed by atoms with Gasteiger partial charge in [0, 0.05) is 13.7 Å². The summed E-state index contributed by atoms with van der Waals surface area (Å²) in [5.41, 5.74) is 1.02. The number of benzene rings is 2. The van der Waals surface area contributed by atoms with Gasteiger partial charge in [-0.25, -0.2) is 13.1 Å². The van der Waals surface area contributed by atoms with Crippen molar-refractivity contribution >= 4 is 10.0 Å². The molecule has 0 fully saturated rings. The number of ether oxygens (including phenoxy) is 2. The molecule has 27 heavy (non-hydrogen) atoms. The van der Waals surface area contributed by atoms with E-state index in [4.69, 9.17) is 9.47 Å². The molecule has 5 nitrogen and oxygen atoms in total. The van der Waals surface area contributed by atoms with Gasteiger partial charge in [0.15, 0.2) is 0 Å². The van der Waals surface area contributed by atoms with E-state index in [0.717, 1.165) is 17.5 Å². The fourth-order valence-corrected chi connectivity index (χ4v) is 4.13. The Hall–Kier alpha value is -1.89. The maximum absolute atomic E-state index is 12.8. The van der Waals surface area contributed by atoms with Crippen LogP contribution in [0.2, 0.25) is 0 Å². The fourth-order valence-electron chi connectivity index (χ4n) is 2.97. The van der Waals surface area contributed by atoms with Gasteiger partial charge >= 0.3 is 0 Å². The van der Waals surface area contributed by atoms with Crippen LogP contribution in [-0.2, 0) is 20.4 Å². The average Bonchev–Trinajstić information content (AvgIpc) is 2.69. The summed E-state index contributed by atoms with van der Waals surface area (Å²) in [6, 6.07) is 14.6. The zero-order valence-corrected chi connectivity index (χ0v) is 17.3. The number of rotatable bonds is 10. The molecule has 148 valence electrons. The minimum atomic E-state index is -3.67. The lowest BCUT2D eigenvalue weighted by Gasteiger charge is -2.32. The van der Waals surface area contributed by atoms with Gasteiger partial charge in [0.1, 0.15) is 11.4 Å². The first-order valence-electron chi connectivity index (χ1n) is 9.22. The number of aryl methyl sites for hydroxylation is 1. The second-order valence-electron chi connectivity index (χ2n) is 6.52. The minimum absolute atomic E-state index is 0.152. The Kier molecular flexibility index (Phi) is 7.41. The summed E-state index contributed by atoms with van der Waals surface area (Å²) in [5, 5.41) is 0. The second-order valence-corrected chi connectivity index (χ2v) is 8.29. The number of sulfonamides is 1. The van der Waals surface area contributed by atoms with E-state index in [2.05, 4.69) is 4.72 Å². The zero-order chi connectivity index (χ0) is 19.9. The summed E-state index contributed by atoms with van der Waals surface area (Å²) < 4.78 is 39.7. The smallest absolute Gasteiger partial charge is 0.240 e. The number of methoxy groups -OCH3 is 1. The lowest BCUT2D eigenvalue weighted by molar-refractivity contribution is -0.0133. The Bertz CT molecular complexity index is 831. The number of nitrogens with one attached hydrogen (secondary N) is 1. The van der Waals surface area contributed by atoms with E-state index in [9.17, 15) is 8.42 Å². The largest absolute Gasteiger partial charge is 0.493 e. The third-order valence-corrected chi connectivity index (χ3v) is 6.13. The van der Waals surface area contributed by atoms with Crippen LogP contribution in [0.4, 0.5) is 0 Å². The van der Waals surface area contributed by atoms with Crippen LogP contribution in [0.3, 0.4) is 0 Å². The fraction of sp³-hybridized carbons (Fsp3) is 0.429. The summed E-state index contributed by atoms with van der Waals surface area (Å²) in [6.45, 7) is 6.61. The van der Waals surface area contributed by atoms with Gasteiger partial charge in [-0.15, -0.1) is 0 Å². The van der Waals surface area contributed by atoms with Crippen LogP contribution < -0.4 is 9.46 Å². The Balaban J connectivity index is 2.21. The minimum Gasteiger partial charge on any atom is -0.493 e. The molecule has 2 aromatic carbocycles. The van der Waals surface area contributed by atoms with Crippen LogP contribution in [0.5, 0.6) is 5.75 Å². The highest BCUT2D eigenvalue weighted by Gasteiger charge is 2.32. The van der Waals surface area contributed by atoms with Gasteiger partial charge in [0.05, 0.1) is 11.5 Å². The first-order valence-corrected chi connectivity index (χ1v) is 10.7. The number of hydrogen-bond acceptors (Lipinski definition) is 4.